The Hall–Kier alpha value is -1.92. The number of hydrogen-bond donors (Lipinski definition) is 2. The van der Waals surface area contributed by atoms with Gasteiger partial charge in [0, 0.05) is 31.9 Å². The lowest BCUT2D eigenvalue weighted by atomic mass is 10.1. The van der Waals surface area contributed by atoms with Crippen molar-refractivity contribution >= 4 is 17.5 Å². The number of ether oxygens (including phenoxy) is 1. The Kier molecular flexibility index (Phi) is 7.21. The van der Waals surface area contributed by atoms with Crippen LogP contribution in [0.15, 0.2) is 24.3 Å². The summed E-state index contributed by atoms with van der Waals surface area (Å²) in [6.07, 6.45) is 2.71. The molecule has 1 aromatic rings. The molecular weight excluding hydrogens is 306 g/mol. The average Bonchev–Trinajstić information content (AvgIpc) is 2.60. The summed E-state index contributed by atoms with van der Waals surface area (Å²) in [6.45, 7) is 5.30. The number of methoxy groups -OCH3 is 1. The van der Waals surface area contributed by atoms with Gasteiger partial charge in [0.25, 0.3) is 0 Å². The Bertz CT molecular complexity index is 562. The Morgan fingerprint density at radius 1 is 1.29 bits per heavy atom. The minimum Gasteiger partial charge on any atom is -0.383 e. The Balaban J connectivity index is 1.86. The van der Waals surface area contributed by atoms with E-state index in [4.69, 9.17) is 4.74 Å². The molecule has 1 fully saturated rings. The topological polar surface area (TPSA) is 70.7 Å². The number of nitrogens with one attached hydrogen (secondary N) is 2. The zero-order valence-electron chi connectivity index (χ0n) is 14.5. The molecule has 24 heavy (non-hydrogen) atoms. The van der Waals surface area contributed by atoms with Crippen LogP contribution in [0.5, 0.6) is 0 Å². The van der Waals surface area contributed by atoms with E-state index in [0.717, 1.165) is 44.5 Å². The normalized spacial score (nSPS) is 18.2. The van der Waals surface area contributed by atoms with Gasteiger partial charge in [0.15, 0.2) is 0 Å². The molecule has 1 aliphatic rings. The van der Waals surface area contributed by atoms with Crippen LogP contribution in [0.3, 0.4) is 0 Å². The number of likely N-dealkylation sites (tertiary alicyclic amines) is 1. The van der Waals surface area contributed by atoms with Crippen molar-refractivity contribution in [2.75, 3.05) is 38.7 Å². The van der Waals surface area contributed by atoms with Crippen molar-refractivity contribution in [3.05, 3.63) is 29.8 Å². The third-order valence-electron chi connectivity index (χ3n) is 4.31. The lowest BCUT2D eigenvalue weighted by Crippen LogP contribution is -2.50. The molecule has 1 aromatic carbocycles. The maximum Gasteiger partial charge on any atom is 0.313 e. The molecule has 0 aliphatic carbocycles. The molecule has 1 atom stereocenters. The monoisotopic (exact) mass is 333 g/mol. The van der Waals surface area contributed by atoms with Crippen LogP contribution < -0.4 is 10.6 Å². The van der Waals surface area contributed by atoms with Gasteiger partial charge in [-0.2, -0.15) is 0 Å². The minimum atomic E-state index is -0.607. The van der Waals surface area contributed by atoms with Crippen molar-refractivity contribution in [2.45, 2.75) is 32.2 Å². The van der Waals surface area contributed by atoms with E-state index in [1.165, 1.54) is 0 Å². The van der Waals surface area contributed by atoms with E-state index in [1.807, 2.05) is 31.2 Å². The molecule has 0 spiro atoms. The predicted molar refractivity (Wildman–Crippen MR) is 93.9 cm³/mol. The molecule has 0 radical (unpaired) electrons. The molecule has 132 valence electrons. The van der Waals surface area contributed by atoms with E-state index < -0.39 is 11.8 Å². The molecule has 1 saturated heterocycles. The van der Waals surface area contributed by atoms with Crippen LogP contribution in [0, 0.1) is 0 Å². The van der Waals surface area contributed by atoms with Crippen LogP contribution in [0.2, 0.25) is 0 Å². The molecule has 2 amide bonds. The summed E-state index contributed by atoms with van der Waals surface area (Å²) in [5, 5.41) is 5.56. The number of aryl methyl sites for hydroxylation is 1. The lowest BCUT2D eigenvalue weighted by molar-refractivity contribution is -0.136. The first-order valence-corrected chi connectivity index (χ1v) is 8.55. The Morgan fingerprint density at radius 2 is 2.08 bits per heavy atom. The molecule has 1 heterocycles. The van der Waals surface area contributed by atoms with Gasteiger partial charge >= 0.3 is 11.8 Å². The lowest BCUT2D eigenvalue weighted by Gasteiger charge is -2.32. The van der Waals surface area contributed by atoms with E-state index in [1.54, 1.807) is 7.11 Å². The molecule has 2 rings (SSSR count). The molecule has 0 unspecified atom stereocenters. The first-order valence-electron chi connectivity index (χ1n) is 8.55. The molecule has 2 N–H and O–H groups in total. The minimum absolute atomic E-state index is 0.00951. The zero-order valence-corrected chi connectivity index (χ0v) is 14.5. The smallest absolute Gasteiger partial charge is 0.313 e. The van der Waals surface area contributed by atoms with Crippen LogP contribution in [-0.2, 0) is 20.7 Å². The summed E-state index contributed by atoms with van der Waals surface area (Å²) in [5.41, 5.74) is 1.72. The van der Waals surface area contributed by atoms with Crippen LogP contribution in [0.25, 0.3) is 0 Å². The average molecular weight is 333 g/mol. The highest BCUT2D eigenvalue weighted by Gasteiger charge is 2.24. The van der Waals surface area contributed by atoms with Gasteiger partial charge < -0.3 is 15.4 Å². The molecule has 6 heteroatoms. The number of anilines is 1. The van der Waals surface area contributed by atoms with Crippen LogP contribution in [0.4, 0.5) is 5.69 Å². The number of hydrogen-bond acceptors (Lipinski definition) is 4. The number of carbonyl (C=O) groups excluding carboxylic acids is 2. The highest BCUT2D eigenvalue weighted by Crippen LogP contribution is 2.15. The second-order valence-corrected chi connectivity index (χ2v) is 6.07. The number of nitrogens with zero attached hydrogens (tertiary/aromatic N) is 1. The van der Waals surface area contributed by atoms with Crippen molar-refractivity contribution in [2.24, 2.45) is 0 Å². The maximum absolute atomic E-state index is 12.2. The molecule has 0 bridgehead atoms. The maximum atomic E-state index is 12.2. The van der Waals surface area contributed by atoms with E-state index >= 15 is 0 Å². The van der Waals surface area contributed by atoms with Crippen molar-refractivity contribution in [1.29, 1.82) is 0 Å². The fourth-order valence-electron chi connectivity index (χ4n) is 2.98. The number of amides is 2. The van der Waals surface area contributed by atoms with Gasteiger partial charge in [0.05, 0.1) is 6.61 Å². The third-order valence-corrected chi connectivity index (χ3v) is 4.31. The summed E-state index contributed by atoms with van der Waals surface area (Å²) < 4.78 is 5.09. The van der Waals surface area contributed by atoms with Gasteiger partial charge in [-0.3, -0.25) is 14.5 Å². The van der Waals surface area contributed by atoms with Gasteiger partial charge in [0.2, 0.25) is 0 Å². The van der Waals surface area contributed by atoms with E-state index in [9.17, 15) is 9.59 Å². The van der Waals surface area contributed by atoms with Gasteiger partial charge in [-0.1, -0.05) is 25.1 Å². The number of para-hydroxylation sites is 1. The molecule has 0 aromatic heterocycles. The SMILES string of the molecule is CCc1ccccc1NC(=O)C(=O)N[C@H]1CCCN(CCOC)C1. The van der Waals surface area contributed by atoms with Gasteiger partial charge in [-0.25, -0.2) is 0 Å². The van der Waals surface area contributed by atoms with Crippen molar-refractivity contribution in [1.82, 2.24) is 10.2 Å². The van der Waals surface area contributed by atoms with Crippen molar-refractivity contribution in [3.8, 4) is 0 Å². The summed E-state index contributed by atoms with van der Waals surface area (Å²) in [5.74, 6) is -1.18. The Morgan fingerprint density at radius 3 is 2.83 bits per heavy atom. The number of piperidine rings is 1. The summed E-state index contributed by atoms with van der Waals surface area (Å²) >= 11 is 0. The molecule has 1 aliphatic heterocycles. The fraction of sp³-hybridized carbons (Fsp3) is 0.556. The largest absolute Gasteiger partial charge is 0.383 e. The van der Waals surface area contributed by atoms with E-state index in [0.29, 0.717) is 12.3 Å². The fourth-order valence-corrected chi connectivity index (χ4v) is 2.98. The highest BCUT2D eigenvalue weighted by atomic mass is 16.5. The zero-order chi connectivity index (χ0) is 17.4. The van der Waals surface area contributed by atoms with Crippen molar-refractivity contribution < 1.29 is 14.3 Å². The first kappa shape index (κ1) is 18.4. The molecular formula is C18H27N3O3. The van der Waals surface area contributed by atoms with Gasteiger partial charge in [0.1, 0.15) is 0 Å². The second-order valence-electron chi connectivity index (χ2n) is 6.07. The predicted octanol–water partition coefficient (Wildman–Crippen LogP) is 1.41. The van der Waals surface area contributed by atoms with E-state index in [2.05, 4.69) is 15.5 Å². The van der Waals surface area contributed by atoms with Crippen LogP contribution in [-0.4, -0.2) is 56.1 Å². The molecule has 0 saturated carbocycles. The second kappa shape index (κ2) is 9.39. The van der Waals surface area contributed by atoms with Crippen molar-refractivity contribution in [3.63, 3.8) is 0 Å². The van der Waals surface area contributed by atoms with E-state index in [-0.39, 0.29) is 6.04 Å². The quantitative estimate of drug-likeness (QED) is 0.773. The number of carbonyl (C=O) groups is 2. The van der Waals surface area contributed by atoms with Crippen LogP contribution >= 0.6 is 0 Å². The summed E-state index contributed by atoms with van der Waals surface area (Å²) in [6, 6.07) is 7.54. The number of benzene rings is 1. The van der Waals surface area contributed by atoms with Gasteiger partial charge in [-0.05, 0) is 37.4 Å². The first-order chi connectivity index (χ1) is 11.6. The Labute approximate surface area is 143 Å². The summed E-state index contributed by atoms with van der Waals surface area (Å²) in [4.78, 5) is 26.6. The highest BCUT2D eigenvalue weighted by molar-refractivity contribution is 6.39. The standard InChI is InChI=1S/C18H27N3O3/c1-3-14-7-4-5-9-16(14)20-18(23)17(22)19-15-8-6-10-21(13-15)11-12-24-2/h4-5,7,9,15H,3,6,8,10-13H2,1-2H3,(H,19,22)(H,20,23)/t15-/m0/s1. The van der Waals surface area contributed by atoms with Gasteiger partial charge in [-0.15, -0.1) is 0 Å². The summed E-state index contributed by atoms with van der Waals surface area (Å²) in [7, 11) is 1.68. The number of rotatable bonds is 6. The van der Waals surface area contributed by atoms with Crippen LogP contribution in [0.1, 0.15) is 25.3 Å². The third kappa shape index (κ3) is 5.32. The molecule has 6 nitrogen and oxygen atoms in total.